The number of fused-ring (bicyclic) bond motifs is 1. The average molecular weight is 329 g/mol. The molecule has 0 bridgehead atoms. The summed E-state index contributed by atoms with van der Waals surface area (Å²) in [5, 5.41) is 1.63. The zero-order valence-corrected chi connectivity index (χ0v) is 14.0. The number of benzene rings is 1. The number of primary amides is 1. The van der Waals surface area contributed by atoms with Crippen molar-refractivity contribution in [2.75, 3.05) is 29.9 Å². The van der Waals surface area contributed by atoms with Gasteiger partial charge in [-0.15, -0.1) is 11.3 Å². The molecule has 0 unspecified atom stereocenters. The molecule has 6 heteroatoms. The highest BCUT2D eigenvalue weighted by Crippen LogP contribution is 2.34. The highest BCUT2D eigenvalue weighted by Gasteiger charge is 2.28. The molecule has 1 aliphatic rings. The Bertz CT molecular complexity index is 756. The van der Waals surface area contributed by atoms with Gasteiger partial charge in [0.2, 0.25) is 5.91 Å². The average Bonchev–Trinajstić information content (AvgIpc) is 2.97. The maximum Gasteiger partial charge on any atom is 0.268 e. The number of carbonyl (C=O) groups excluding carboxylic acids is 2. The van der Waals surface area contributed by atoms with Crippen LogP contribution in [0.25, 0.3) is 0 Å². The minimum atomic E-state index is -0.510. The lowest BCUT2D eigenvalue weighted by Gasteiger charge is -2.24. The van der Waals surface area contributed by atoms with Gasteiger partial charge in [0.05, 0.1) is 21.8 Å². The Hall–Kier alpha value is -2.34. The van der Waals surface area contributed by atoms with Gasteiger partial charge in [-0.2, -0.15) is 0 Å². The number of hydrogen-bond acceptors (Lipinski definition) is 4. The molecule has 1 atom stereocenters. The first-order valence-electron chi connectivity index (χ1n) is 7.47. The van der Waals surface area contributed by atoms with Crippen LogP contribution in [0.3, 0.4) is 0 Å². The standard InChI is InChI=1S/C17H19N3O2S/c1-11-8-19(2)13-5-3-4-6-14(13)20(9-11)17(22)15-7-12(10-23-15)16(18)21/h3-7,10-11H,8-9H2,1-2H3,(H2,18,21)/t11-/m1/s1. The molecule has 2 N–H and O–H groups in total. The number of thiophene rings is 1. The molecule has 1 aromatic heterocycles. The van der Waals surface area contributed by atoms with Gasteiger partial charge in [-0.3, -0.25) is 9.59 Å². The molecule has 0 fully saturated rings. The van der Waals surface area contributed by atoms with Crippen molar-refractivity contribution in [1.82, 2.24) is 0 Å². The molecule has 1 aromatic carbocycles. The lowest BCUT2D eigenvalue weighted by Crippen LogP contribution is -2.34. The van der Waals surface area contributed by atoms with Crippen LogP contribution in [0.4, 0.5) is 11.4 Å². The Morgan fingerprint density at radius 3 is 2.57 bits per heavy atom. The molecule has 2 amide bonds. The fourth-order valence-electron chi connectivity index (χ4n) is 2.95. The summed E-state index contributed by atoms with van der Waals surface area (Å²) in [6.45, 7) is 3.66. The number of para-hydroxylation sites is 2. The van der Waals surface area contributed by atoms with Crippen LogP contribution >= 0.6 is 11.3 Å². The Balaban J connectivity index is 2.00. The van der Waals surface area contributed by atoms with Crippen molar-refractivity contribution in [2.45, 2.75) is 6.92 Å². The molecule has 0 saturated heterocycles. The monoisotopic (exact) mass is 329 g/mol. The predicted molar refractivity (Wildman–Crippen MR) is 93.4 cm³/mol. The minimum Gasteiger partial charge on any atom is -0.373 e. The number of nitrogens with two attached hydrogens (primary N) is 1. The van der Waals surface area contributed by atoms with Crippen molar-refractivity contribution in [3.05, 3.63) is 46.2 Å². The van der Waals surface area contributed by atoms with Crippen LogP contribution in [0.1, 0.15) is 27.0 Å². The first-order chi connectivity index (χ1) is 11.0. The van der Waals surface area contributed by atoms with E-state index >= 15 is 0 Å². The molecule has 5 nitrogen and oxygen atoms in total. The fourth-order valence-corrected chi connectivity index (χ4v) is 3.80. The minimum absolute atomic E-state index is 0.0860. The van der Waals surface area contributed by atoms with E-state index in [-0.39, 0.29) is 5.91 Å². The van der Waals surface area contributed by atoms with Gasteiger partial charge >= 0.3 is 0 Å². The van der Waals surface area contributed by atoms with Crippen molar-refractivity contribution < 1.29 is 9.59 Å². The van der Waals surface area contributed by atoms with Crippen LogP contribution < -0.4 is 15.5 Å². The zero-order valence-electron chi connectivity index (χ0n) is 13.2. The van der Waals surface area contributed by atoms with E-state index in [4.69, 9.17) is 5.73 Å². The molecule has 3 rings (SSSR count). The van der Waals surface area contributed by atoms with Crippen molar-refractivity contribution in [1.29, 1.82) is 0 Å². The van der Waals surface area contributed by atoms with E-state index in [0.717, 1.165) is 17.9 Å². The smallest absolute Gasteiger partial charge is 0.268 e. The van der Waals surface area contributed by atoms with Gasteiger partial charge in [-0.1, -0.05) is 19.1 Å². The lowest BCUT2D eigenvalue weighted by molar-refractivity contribution is 0.0987. The van der Waals surface area contributed by atoms with Gasteiger partial charge in [0.25, 0.3) is 5.91 Å². The maximum atomic E-state index is 13.0. The Labute approximate surface area is 139 Å². The molecule has 0 aliphatic carbocycles. The van der Waals surface area contributed by atoms with E-state index in [2.05, 4.69) is 11.8 Å². The third-order valence-electron chi connectivity index (χ3n) is 4.00. The van der Waals surface area contributed by atoms with E-state index in [1.165, 1.54) is 11.3 Å². The second-order valence-corrected chi connectivity index (χ2v) is 6.87. The molecular formula is C17H19N3O2S. The third kappa shape index (κ3) is 2.94. The van der Waals surface area contributed by atoms with Crippen LogP contribution in [0.15, 0.2) is 35.7 Å². The van der Waals surface area contributed by atoms with Crippen LogP contribution in [-0.4, -0.2) is 32.0 Å². The van der Waals surface area contributed by atoms with E-state index in [9.17, 15) is 9.59 Å². The Morgan fingerprint density at radius 2 is 1.91 bits per heavy atom. The van der Waals surface area contributed by atoms with Gasteiger partial charge in [-0.25, -0.2) is 0 Å². The fraction of sp³-hybridized carbons (Fsp3) is 0.294. The van der Waals surface area contributed by atoms with Crippen molar-refractivity contribution in [2.24, 2.45) is 11.7 Å². The first-order valence-corrected chi connectivity index (χ1v) is 8.35. The SMILES string of the molecule is C[C@@H]1CN(C)c2ccccc2N(C(=O)c2cc(C(N)=O)cs2)C1. The van der Waals surface area contributed by atoms with Gasteiger partial charge in [0.15, 0.2) is 0 Å². The number of hydrogen-bond donors (Lipinski definition) is 1. The summed E-state index contributed by atoms with van der Waals surface area (Å²) in [7, 11) is 2.04. The van der Waals surface area contributed by atoms with Crippen LogP contribution in [0, 0.1) is 5.92 Å². The first kappa shape index (κ1) is 15.6. The number of carbonyl (C=O) groups is 2. The van der Waals surface area contributed by atoms with Gasteiger partial charge < -0.3 is 15.5 Å². The second-order valence-electron chi connectivity index (χ2n) is 5.95. The van der Waals surface area contributed by atoms with E-state index < -0.39 is 5.91 Å². The predicted octanol–water partition coefficient (Wildman–Crippen LogP) is 2.58. The normalized spacial score (nSPS) is 17.6. The second kappa shape index (κ2) is 6.04. The largest absolute Gasteiger partial charge is 0.373 e. The third-order valence-corrected chi connectivity index (χ3v) is 4.92. The quantitative estimate of drug-likeness (QED) is 0.921. The Morgan fingerprint density at radius 1 is 1.22 bits per heavy atom. The summed E-state index contributed by atoms with van der Waals surface area (Å²) < 4.78 is 0. The molecule has 0 spiro atoms. The van der Waals surface area contributed by atoms with Crippen molar-refractivity contribution >= 4 is 34.5 Å². The van der Waals surface area contributed by atoms with Gasteiger partial charge in [0.1, 0.15) is 0 Å². The molecule has 120 valence electrons. The number of anilines is 2. The molecule has 2 heterocycles. The molecule has 1 aliphatic heterocycles. The zero-order chi connectivity index (χ0) is 16.6. The number of rotatable bonds is 2. The highest BCUT2D eigenvalue weighted by molar-refractivity contribution is 7.12. The highest BCUT2D eigenvalue weighted by atomic mass is 32.1. The summed E-state index contributed by atoms with van der Waals surface area (Å²) >= 11 is 1.26. The summed E-state index contributed by atoms with van der Waals surface area (Å²) in [5.41, 5.74) is 7.60. The Kier molecular flexibility index (Phi) is 4.09. The van der Waals surface area contributed by atoms with E-state index in [1.54, 1.807) is 16.3 Å². The van der Waals surface area contributed by atoms with Crippen molar-refractivity contribution in [3.63, 3.8) is 0 Å². The van der Waals surface area contributed by atoms with Gasteiger partial charge in [0, 0.05) is 25.5 Å². The summed E-state index contributed by atoms with van der Waals surface area (Å²) in [5.74, 6) is -0.256. The van der Waals surface area contributed by atoms with Crippen LogP contribution in [0.2, 0.25) is 0 Å². The molecule has 0 saturated carbocycles. The number of nitrogens with zero attached hydrogens (tertiary/aromatic N) is 2. The maximum absolute atomic E-state index is 13.0. The van der Waals surface area contributed by atoms with Gasteiger partial charge in [-0.05, 0) is 24.1 Å². The molecule has 23 heavy (non-hydrogen) atoms. The van der Waals surface area contributed by atoms with Crippen LogP contribution in [-0.2, 0) is 0 Å². The molecule has 0 radical (unpaired) electrons. The van der Waals surface area contributed by atoms with Crippen molar-refractivity contribution in [3.8, 4) is 0 Å². The molecular weight excluding hydrogens is 310 g/mol. The topological polar surface area (TPSA) is 66.6 Å². The van der Waals surface area contributed by atoms with E-state index in [0.29, 0.717) is 22.9 Å². The van der Waals surface area contributed by atoms with E-state index in [1.807, 2.05) is 31.3 Å². The molecule has 2 aromatic rings. The lowest BCUT2D eigenvalue weighted by atomic mass is 10.1. The summed E-state index contributed by atoms with van der Waals surface area (Å²) in [6, 6.07) is 9.48. The van der Waals surface area contributed by atoms with Crippen LogP contribution in [0.5, 0.6) is 0 Å². The summed E-state index contributed by atoms with van der Waals surface area (Å²) in [6.07, 6.45) is 0. The summed E-state index contributed by atoms with van der Waals surface area (Å²) in [4.78, 5) is 28.7. The number of amides is 2.